The molecule has 1 amide bonds. The third-order valence-electron chi connectivity index (χ3n) is 6.42. The maximum atomic E-state index is 13.4. The lowest BCUT2D eigenvalue weighted by Crippen LogP contribution is -2.29. The first kappa shape index (κ1) is 24.1. The van der Waals surface area contributed by atoms with Crippen LogP contribution in [0.15, 0.2) is 66.2 Å². The molecule has 2 aliphatic rings. The Labute approximate surface area is 213 Å². The molecule has 190 valence electrons. The zero-order chi connectivity index (χ0) is 26.1. The van der Waals surface area contributed by atoms with Crippen molar-refractivity contribution in [2.24, 2.45) is 0 Å². The molecule has 2 aliphatic heterocycles. The fourth-order valence-electron chi connectivity index (χ4n) is 4.56. The summed E-state index contributed by atoms with van der Waals surface area (Å²) in [6.45, 7) is 0.224. The van der Waals surface area contributed by atoms with Crippen LogP contribution in [0, 0.1) is 0 Å². The van der Waals surface area contributed by atoms with Crippen molar-refractivity contribution in [2.45, 2.75) is 12.6 Å². The predicted octanol–water partition coefficient (Wildman–Crippen LogP) is 4.06. The summed E-state index contributed by atoms with van der Waals surface area (Å²) in [5.41, 5.74) is 1.55. The molecule has 37 heavy (non-hydrogen) atoms. The number of Topliss-reactive ketones (excluding diaryl/α,β-unsaturated/α-hetero) is 1. The van der Waals surface area contributed by atoms with Gasteiger partial charge in [0, 0.05) is 6.54 Å². The number of benzene rings is 3. The highest BCUT2D eigenvalue weighted by Crippen LogP contribution is 2.43. The van der Waals surface area contributed by atoms with Crippen LogP contribution >= 0.6 is 0 Å². The molecule has 1 atom stereocenters. The van der Waals surface area contributed by atoms with Crippen molar-refractivity contribution in [3.8, 4) is 28.7 Å². The number of amides is 1. The van der Waals surface area contributed by atoms with E-state index in [-0.39, 0.29) is 30.2 Å². The molecule has 1 N–H and O–H groups in total. The van der Waals surface area contributed by atoms with Gasteiger partial charge in [0.25, 0.3) is 11.7 Å². The average molecular weight is 504 g/mol. The third-order valence-corrected chi connectivity index (χ3v) is 6.42. The number of hydrogen-bond acceptors (Lipinski definition) is 8. The Hall–Kier alpha value is -4.66. The molecule has 0 radical (unpaired) electrons. The van der Waals surface area contributed by atoms with E-state index in [0.29, 0.717) is 34.3 Å². The van der Waals surface area contributed by atoms with Crippen LogP contribution in [0.5, 0.6) is 28.7 Å². The molecule has 0 spiro atoms. The first-order valence-electron chi connectivity index (χ1n) is 11.5. The normalized spacial score (nSPS) is 17.7. The second kappa shape index (κ2) is 9.77. The summed E-state index contributed by atoms with van der Waals surface area (Å²) in [7, 11) is 4.50. The van der Waals surface area contributed by atoms with E-state index < -0.39 is 17.7 Å². The monoisotopic (exact) mass is 503 g/mol. The van der Waals surface area contributed by atoms with E-state index in [2.05, 4.69) is 0 Å². The number of nitrogens with zero attached hydrogens (tertiary/aromatic N) is 1. The summed E-state index contributed by atoms with van der Waals surface area (Å²) in [6.07, 6.45) is 0. The predicted molar refractivity (Wildman–Crippen MR) is 133 cm³/mol. The topological polar surface area (TPSA) is 104 Å². The SMILES string of the molecule is COc1ccc(C2/C(=C(\O)c3cc(OC)ccc3OC)C(=O)C(=O)N2Cc2ccc3c(c2)OCO3)cc1. The van der Waals surface area contributed by atoms with Gasteiger partial charge in [-0.1, -0.05) is 18.2 Å². The number of rotatable bonds is 7. The van der Waals surface area contributed by atoms with Gasteiger partial charge in [-0.05, 0) is 53.6 Å². The largest absolute Gasteiger partial charge is 0.507 e. The van der Waals surface area contributed by atoms with Crippen LogP contribution in [0.3, 0.4) is 0 Å². The van der Waals surface area contributed by atoms with E-state index in [1.165, 1.54) is 19.1 Å². The molecule has 0 aliphatic carbocycles. The molecule has 0 saturated carbocycles. The molecule has 1 saturated heterocycles. The average Bonchev–Trinajstić information content (AvgIpc) is 3.50. The number of ether oxygens (including phenoxy) is 5. The van der Waals surface area contributed by atoms with E-state index in [1.54, 1.807) is 61.7 Å². The highest BCUT2D eigenvalue weighted by molar-refractivity contribution is 6.46. The molecule has 9 heteroatoms. The minimum atomic E-state index is -0.868. The molecule has 3 aromatic rings. The van der Waals surface area contributed by atoms with Gasteiger partial charge in [0.05, 0.1) is 38.5 Å². The molecule has 2 heterocycles. The van der Waals surface area contributed by atoms with Crippen LogP contribution in [-0.4, -0.2) is 49.8 Å². The summed E-state index contributed by atoms with van der Waals surface area (Å²) in [5, 5.41) is 11.5. The summed E-state index contributed by atoms with van der Waals surface area (Å²) in [5.74, 6) is 0.686. The number of carbonyl (C=O) groups is 2. The van der Waals surface area contributed by atoms with Crippen molar-refractivity contribution in [1.82, 2.24) is 4.90 Å². The lowest BCUT2D eigenvalue weighted by molar-refractivity contribution is -0.140. The fourth-order valence-corrected chi connectivity index (χ4v) is 4.56. The van der Waals surface area contributed by atoms with E-state index in [4.69, 9.17) is 23.7 Å². The quantitative estimate of drug-likeness (QED) is 0.293. The Morgan fingerprint density at radius 2 is 1.59 bits per heavy atom. The van der Waals surface area contributed by atoms with E-state index >= 15 is 0 Å². The fraction of sp³-hybridized carbons (Fsp3) is 0.214. The smallest absolute Gasteiger partial charge is 0.295 e. The van der Waals surface area contributed by atoms with Crippen LogP contribution in [0.25, 0.3) is 5.76 Å². The standard InChI is InChI=1S/C28H25NO8/c1-33-18-7-5-17(6-8-18)25-24(26(30)20-13-19(34-2)9-11-21(20)35-3)27(31)28(32)29(25)14-16-4-10-22-23(12-16)37-15-36-22/h4-13,25,30H,14-15H2,1-3H3/b26-24+. The molecule has 1 fully saturated rings. The summed E-state index contributed by atoms with van der Waals surface area (Å²) < 4.78 is 26.8. The van der Waals surface area contributed by atoms with E-state index in [1.807, 2.05) is 6.07 Å². The Kier molecular flexibility index (Phi) is 6.35. The Bertz CT molecular complexity index is 1400. The van der Waals surface area contributed by atoms with Crippen LogP contribution in [0.1, 0.15) is 22.7 Å². The molecule has 5 rings (SSSR count). The molecule has 1 unspecified atom stereocenters. The first-order chi connectivity index (χ1) is 17.9. The first-order valence-corrected chi connectivity index (χ1v) is 11.5. The van der Waals surface area contributed by atoms with Gasteiger partial charge in [-0.25, -0.2) is 0 Å². The lowest BCUT2D eigenvalue weighted by atomic mass is 9.94. The van der Waals surface area contributed by atoms with Crippen LogP contribution in [0.2, 0.25) is 0 Å². The van der Waals surface area contributed by atoms with Crippen LogP contribution in [0.4, 0.5) is 0 Å². The number of aliphatic hydroxyl groups is 1. The van der Waals surface area contributed by atoms with Gasteiger partial charge in [0.2, 0.25) is 6.79 Å². The van der Waals surface area contributed by atoms with Gasteiger partial charge in [0.1, 0.15) is 23.0 Å². The van der Waals surface area contributed by atoms with Crippen molar-refractivity contribution >= 4 is 17.4 Å². The summed E-state index contributed by atoms with van der Waals surface area (Å²) in [4.78, 5) is 28.2. The Balaban J connectivity index is 1.64. The lowest BCUT2D eigenvalue weighted by Gasteiger charge is -2.26. The van der Waals surface area contributed by atoms with Gasteiger partial charge in [-0.3, -0.25) is 9.59 Å². The minimum Gasteiger partial charge on any atom is -0.507 e. The molecule has 3 aromatic carbocycles. The Morgan fingerprint density at radius 3 is 2.30 bits per heavy atom. The number of likely N-dealkylation sites (tertiary alicyclic amines) is 1. The molecular weight excluding hydrogens is 478 g/mol. The van der Waals surface area contributed by atoms with Crippen molar-refractivity contribution in [1.29, 1.82) is 0 Å². The third kappa shape index (κ3) is 4.29. The van der Waals surface area contributed by atoms with Gasteiger partial charge in [0.15, 0.2) is 11.5 Å². The van der Waals surface area contributed by atoms with Crippen LogP contribution in [-0.2, 0) is 16.1 Å². The summed E-state index contributed by atoms with van der Waals surface area (Å²) in [6, 6.07) is 16.3. The zero-order valence-electron chi connectivity index (χ0n) is 20.5. The number of methoxy groups -OCH3 is 3. The highest BCUT2D eigenvalue weighted by Gasteiger charge is 2.46. The van der Waals surface area contributed by atoms with E-state index in [0.717, 1.165) is 5.56 Å². The molecular formula is C28H25NO8. The van der Waals surface area contributed by atoms with Crippen LogP contribution < -0.4 is 23.7 Å². The molecule has 0 aromatic heterocycles. The summed E-state index contributed by atoms with van der Waals surface area (Å²) >= 11 is 0. The Morgan fingerprint density at radius 1 is 0.892 bits per heavy atom. The van der Waals surface area contributed by atoms with Crippen molar-refractivity contribution in [2.75, 3.05) is 28.1 Å². The molecule has 0 bridgehead atoms. The van der Waals surface area contributed by atoms with Gasteiger partial charge >= 0.3 is 0 Å². The van der Waals surface area contributed by atoms with Crippen molar-refractivity contribution < 1.29 is 38.4 Å². The maximum absolute atomic E-state index is 13.4. The number of aliphatic hydroxyl groups excluding tert-OH is 1. The maximum Gasteiger partial charge on any atom is 0.295 e. The highest BCUT2D eigenvalue weighted by atomic mass is 16.7. The van der Waals surface area contributed by atoms with Gasteiger partial charge in [-0.15, -0.1) is 0 Å². The van der Waals surface area contributed by atoms with Crippen molar-refractivity contribution in [3.05, 3.63) is 82.9 Å². The molecule has 9 nitrogen and oxygen atoms in total. The second-order valence-electron chi connectivity index (χ2n) is 8.45. The minimum absolute atomic E-state index is 0.0533. The number of hydrogen-bond donors (Lipinski definition) is 1. The number of ketones is 1. The van der Waals surface area contributed by atoms with Crippen molar-refractivity contribution in [3.63, 3.8) is 0 Å². The number of fused-ring (bicyclic) bond motifs is 1. The number of carbonyl (C=O) groups excluding carboxylic acids is 2. The van der Waals surface area contributed by atoms with Gasteiger partial charge < -0.3 is 33.7 Å². The second-order valence-corrected chi connectivity index (χ2v) is 8.45. The van der Waals surface area contributed by atoms with Gasteiger partial charge in [-0.2, -0.15) is 0 Å². The van der Waals surface area contributed by atoms with E-state index in [9.17, 15) is 14.7 Å². The zero-order valence-corrected chi connectivity index (χ0v) is 20.5.